The summed E-state index contributed by atoms with van der Waals surface area (Å²) in [7, 11) is 0. The second-order valence-electron chi connectivity index (χ2n) is 10.1. The van der Waals surface area contributed by atoms with E-state index in [4.69, 9.17) is 16.6 Å². The third-order valence-electron chi connectivity index (χ3n) is 7.64. The number of aromatic nitrogens is 2. The number of nitrogens with zero attached hydrogens (tertiary/aromatic N) is 3. The Bertz CT molecular complexity index is 1480. The zero-order valence-electron chi connectivity index (χ0n) is 22.0. The lowest BCUT2D eigenvalue weighted by Crippen LogP contribution is -2.42. The maximum Gasteiger partial charge on any atom is 0.262 e. The van der Waals surface area contributed by atoms with Gasteiger partial charge in [0.05, 0.1) is 24.2 Å². The lowest BCUT2D eigenvalue weighted by Gasteiger charge is -2.32. The fraction of sp³-hybridized carbons (Fsp3) is 0.367. The van der Waals surface area contributed by atoms with Crippen LogP contribution in [0.3, 0.4) is 0 Å². The van der Waals surface area contributed by atoms with E-state index in [1.807, 2.05) is 43.9 Å². The number of halogens is 1. The number of amides is 1. The number of carbonyl (C=O) groups is 2. The van der Waals surface area contributed by atoms with E-state index < -0.39 is 0 Å². The number of thiazole rings is 1. The molecule has 1 N–H and O–H groups in total. The van der Waals surface area contributed by atoms with Crippen LogP contribution in [-0.4, -0.2) is 32.5 Å². The molecule has 2 aromatic carbocycles. The third-order valence-corrected chi connectivity index (χ3v) is 8.96. The van der Waals surface area contributed by atoms with E-state index >= 15 is 0 Å². The van der Waals surface area contributed by atoms with Crippen LogP contribution in [0, 0.1) is 20.8 Å². The number of aliphatic hydroxyl groups excluding tert-OH is 1. The number of anilines is 1. The molecular formula is C30H32ClN3O3S. The van der Waals surface area contributed by atoms with Crippen LogP contribution in [0.4, 0.5) is 5.13 Å². The molecule has 0 aliphatic heterocycles. The number of rotatable bonds is 6. The molecule has 38 heavy (non-hydrogen) atoms. The monoisotopic (exact) mass is 549 g/mol. The predicted molar refractivity (Wildman–Crippen MR) is 153 cm³/mol. The Hall–Kier alpha value is -3.00. The topological polar surface area (TPSA) is 75.4 Å². The second kappa shape index (κ2) is 11.0. The molecule has 1 aliphatic rings. The van der Waals surface area contributed by atoms with Gasteiger partial charge in [-0.3, -0.25) is 19.1 Å². The van der Waals surface area contributed by atoms with Crippen molar-refractivity contribution < 1.29 is 14.7 Å². The van der Waals surface area contributed by atoms with Crippen LogP contribution in [0.2, 0.25) is 5.02 Å². The highest BCUT2D eigenvalue weighted by atomic mass is 35.5. The first kappa shape index (κ1) is 26.6. The van der Waals surface area contributed by atoms with Crippen LogP contribution in [0.25, 0.3) is 10.9 Å². The predicted octanol–water partition coefficient (Wildman–Crippen LogP) is 6.77. The first-order valence-electron chi connectivity index (χ1n) is 13.1. The Labute approximate surface area is 231 Å². The quantitative estimate of drug-likeness (QED) is 0.288. The minimum absolute atomic E-state index is 0.0128. The van der Waals surface area contributed by atoms with Gasteiger partial charge in [0, 0.05) is 32.6 Å². The Morgan fingerprint density at radius 3 is 2.42 bits per heavy atom. The number of aliphatic hydroxyl groups is 1. The number of hydrogen-bond donors (Lipinski definition) is 1. The summed E-state index contributed by atoms with van der Waals surface area (Å²) >= 11 is 7.62. The van der Waals surface area contributed by atoms with Crippen LogP contribution in [0.5, 0.6) is 0 Å². The fourth-order valence-corrected chi connectivity index (χ4v) is 6.56. The van der Waals surface area contributed by atoms with Crippen LogP contribution < -0.4 is 4.90 Å². The molecule has 0 saturated heterocycles. The minimum atomic E-state index is -0.185. The molecule has 2 aromatic heterocycles. The number of aryl methyl sites for hydroxylation is 2. The van der Waals surface area contributed by atoms with Gasteiger partial charge in [0.25, 0.3) is 5.91 Å². The zero-order chi connectivity index (χ0) is 27.0. The van der Waals surface area contributed by atoms with E-state index in [2.05, 4.69) is 0 Å². The Morgan fingerprint density at radius 1 is 1.08 bits per heavy atom. The van der Waals surface area contributed by atoms with E-state index in [1.165, 1.54) is 6.42 Å². The number of carbonyl (C=O) groups excluding carboxylic acids is 2. The molecule has 0 bridgehead atoms. The van der Waals surface area contributed by atoms with Crippen LogP contribution in [-0.2, 0) is 17.8 Å². The molecule has 0 unspecified atom stereocenters. The highest BCUT2D eigenvalue weighted by molar-refractivity contribution is 7.15. The molecule has 1 saturated carbocycles. The van der Waals surface area contributed by atoms with Crippen molar-refractivity contribution in [2.45, 2.75) is 71.9 Å². The van der Waals surface area contributed by atoms with Crippen molar-refractivity contribution in [3.8, 4) is 0 Å². The number of hydrogen-bond acceptors (Lipinski definition) is 5. The molecule has 5 rings (SSSR count). The largest absolute Gasteiger partial charge is 0.392 e. The van der Waals surface area contributed by atoms with Crippen molar-refractivity contribution in [2.24, 2.45) is 0 Å². The normalized spacial score (nSPS) is 14.2. The van der Waals surface area contributed by atoms with E-state index in [0.29, 0.717) is 16.1 Å². The molecule has 1 fully saturated rings. The Morgan fingerprint density at radius 2 is 1.79 bits per heavy atom. The second-order valence-corrected chi connectivity index (χ2v) is 11.7. The van der Waals surface area contributed by atoms with Crippen LogP contribution in [0.15, 0.2) is 42.5 Å². The van der Waals surface area contributed by atoms with Gasteiger partial charge in [-0.15, -0.1) is 11.3 Å². The van der Waals surface area contributed by atoms with Crippen molar-refractivity contribution in [3.63, 3.8) is 0 Å². The summed E-state index contributed by atoms with van der Waals surface area (Å²) in [5, 5.41) is 11.9. The Balaban J connectivity index is 1.59. The number of fused-ring (bicyclic) bond motifs is 1. The van der Waals surface area contributed by atoms with Crippen molar-refractivity contribution in [3.05, 3.63) is 80.4 Å². The van der Waals surface area contributed by atoms with Gasteiger partial charge in [0.1, 0.15) is 0 Å². The summed E-state index contributed by atoms with van der Waals surface area (Å²) in [4.78, 5) is 35.6. The van der Waals surface area contributed by atoms with Gasteiger partial charge in [-0.05, 0) is 81.1 Å². The van der Waals surface area contributed by atoms with Crippen molar-refractivity contribution >= 4 is 50.8 Å². The summed E-state index contributed by atoms with van der Waals surface area (Å²) in [6, 6.07) is 12.5. The molecular weight excluding hydrogens is 518 g/mol. The molecule has 0 atom stereocenters. The molecule has 4 aromatic rings. The lowest BCUT2D eigenvalue weighted by molar-refractivity contribution is -0.118. The third kappa shape index (κ3) is 5.03. The van der Waals surface area contributed by atoms with Crippen LogP contribution >= 0.6 is 22.9 Å². The van der Waals surface area contributed by atoms with Gasteiger partial charge in [0.2, 0.25) is 5.91 Å². The molecule has 1 aliphatic carbocycles. The average Bonchev–Trinajstić information content (AvgIpc) is 3.39. The first-order valence-corrected chi connectivity index (χ1v) is 14.3. The highest BCUT2D eigenvalue weighted by Gasteiger charge is 2.31. The van der Waals surface area contributed by atoms with Gasteiger partial charge < -0.3 is 5.11 Å². The lowest BCUT2D eigenvalue weighted by atomic mass is 9.94. The Kier molecular flexibility index (Phi) is 7.70. The summed E-state index contributed by atoms with van der Waals surface area (Å²) in [6.45, 7) is 5.79. The maximum atomic E-state index is 14.1. The highest BCUT2D eigenvalue weighted by Crippen LogP contribution is 2.34. The van der Waals surface area contributed by atoms with E-state index in [-0.39, 0.29) is 30.9 Å². The van der Waals surface area contributed by atoms with Gasteiger partial charge in [-0.1, -0.05) is 36.9 Å². The van der Waals surface area contributed by atoms with Crippen LogP contribution in [0.1, 0.15) is 69.9 Å². The van der Waals surface area contributed by atoms with E-state index in [0.717, 1.165) is 63.6 Å². The summed E-state index contributed by atoms with van der Waals surface area (Å²) < 4.78 is 1.67. The molecule has 0 spiro atoms. The average molecular weight is 550 g/mol. The van der Waals surface area contributed by atoms with Crippen molar-refractivity contribution in [2.75, 3.05) is 4.90 Å². The number of benzene rings is 2. The van der Waals surface area contributed by atoms with E-state index in [9.17, 15) is 14.7 Å². The SMILES string of the molecule is Cc1nc(N(C(=O)Cc2c(C)n(C(=O)c3ccc(Cl)cc3)c3ccc(CO)cc23)C2CCCCC2)sc1C. The van der Waals surface area contributed by atoms with E-state index in [1.54, 1.807) is 40.2 Å². The van der Waals surface area contributed by atoms with Crippen molar-refractivity contribution in [1.29, 1.82) is 0 Å². The van der Waals surface area contributed by atoms with Gasteiger partial charge in [-0.2, -0.15) is 0 Å². The summed E-state index contributed by atoms with van der Waals surface area (Å²) in [5.74, 6) is -0.198. The molecule has 2 heterocycles. The fourth-order valence-electron chi connectivity index (χ4n) is 5.44. The smallest absolute Gasteiger partial charge is 0.262 e. The van der Waals surface area contributed by atoms with Crippen molar-refractivity contribution in [1.82, 2.24) is 9.55 Å². The minimum Gasteiger partial charge on any atom is -0.392 e. The zero-order valence-corrected chi connectivity index (χ0v) is 23.5. The van der Waals surface area contributed by atoms with Gasteiger partial charge in [0.15, 0.2) is 5.13 Å². The molecule has 0 radical (unpaired) electrons. The standard InChI is InChI=1S/C30H32ClN3O3S/c1-18-20(3)38-30(32-18)34(24-7-5-4-6-8-24)28(36)16-25-19(2)33(27-14-9-21(17-35)15-26(25)27)29(37)22-10-12-23(31)13-11-22/h9-15,24,35H,4-8,16-17H2,1-3H3. The first-order chi connectivity index (χ1) is 18.3. The van der Waals surface area contributed by atoms with Gasteiger partial charge in [-0.25, -0.2) is 4.98 Å². The molecule has 8 heteroatoms. The summed E-state index contributed by atoms with van der Waals surface area (Å²) in [5.41, 5.74) is 4.43. The summed E-state index contributed by atoms with van der Waals surface area (Å²) in [6.07, 6.45) is 5.48. The molecule has 1 amide bonds. The molecule has 198 valence electrons. The maximum absolute atomic E-state index is 14.1. The molecule has 6 nitrogen and oxygen atoms in total. The van der Waals surface area contributed by atoms with Gasteiger partial charge >= 0.3 is 0 Å².